The van der Waals surface area contributed by atoms with E-state index in [0.29, 0.717) is 12.4 Å². The van der Waals surface area contributed by atoms with Gasteiger partial charge in [0.1, 0.15) is 11.8 Å². The van der Waals surface area contributed by atoms with Crippen LogP contribution in [0.1, 0.15) is 19.4 Å². The summed E-state index contributed by atoms with van der Waals surface area (Å²) in [7, 11) is -3.91. The Balaban J connectivity index is 2.33. The molecular weight excluding hydrogens is 409 g/mol. The van der Waals surface area contributed by atoms with Crippen molar-refractivity contribution in [3.8, 4) is 5.75 Å². The number of alkyl halides is 3. The standard InChI is InChI=1S/C19H21F3N2O4S/c1-4-28-15-11-9-14(10-12-15)24(29(3,26)27)13(2)18(25)23-17-8-6-5-7-16(17)19(20,21)22/h5-13H,4H2,1-3H3,(H,23,25). The van der Waals surface area contributed by atoms with Crippen LogP contribution in [0.4, 0.5) is 24.5 Å². The van der Waals surface area contributed by atoms with Crippen molar-refractivity contribution in [2.75, 3.05) is 22.5 Å². The summed E-state index contributed by atoms with van der Waals surface area (Å²) in [6.45, 7) is 3.51. The maximum Gasteiger partial charge on any atom is 0.418 e. The van der Waals surface area contributed by atoms with Crippen LogP contribution in [0.2, 0.25) is 0 Å². The van der Waals surface area contributed by atoms with Crippen molar-refractivity contribution in [1.29, 1.82) is 0 Å². The molecule has 0 radical (unpaired) electrons. The van der Waals surface area contributed by atoms with E-state index in [-0.39, 0.29) is 5.69 Å². The summed E-state index contributed by atoms with van der Waals surface area (Å²) in [5.74, 6) is -0.387. The first kappa shape index (κ1) is 22.5. The molecule has 1 N–H and O–H groups in total. The highest BCUT2D eigenvalue weighted by atomic mass is 32.2. The van der Waals surface area contributed by atoms with Gasteiger partial charge in [-0.1, -0.05) is 12.1 Å². The molecule has 0 fully saturated rings. The molecule has 0 aliphatic rings. The minimum absolute atomic E-state index is 0.183. The van der Waals surface area contributed by atoms with Gasteiger partial charge < -0.3 is 10.1 Å². The van der Waals surface area contributed by atoms with Crippen LogP contribution in [0, 0.1) is 0 Å². The van der Waals surface area contributed by atoms with Crippen molar-refractivity contribution in [1.82, 2.24) is 0 Å². The van der Waals surface area contributed by atoms with Crippen molar-refractivity contribution in [3.63, 3.8) is 0 Å². The minimum atomic E-state index is -4.67. The fraction of sp³-hybridized carbons (Fsp3) is 0.316. The molecule has 0 heterocycles. The highest BCUT2D eigenvalue weighted by Crippen LogP contribution is 2.35. The van der Waals surface area contributed by atoms with Gasteiger partial charge >= 0.3 is 6.18 Å². The molecule has 1 amide bonds. The molecule has 2 aromatic rings. The zero-order valence-corrected chi connectivity index (χ0v) is 16.8. The molecule has 0 bridgehead atoms. The van der Waals surface area contributed by atoms with E-state index >= 15 is 0 Å². The Kier molecular flexibility index (Phi) is 6.78. The fourth-order valence-electron chi connectivity index (χ4n) is 2.74. The van der Waals surface area contributed by atoms with E-state index in [1.807, 2.05) is 0 Å². The first-order valence-corrected chi connectivity index (χ1v) is 10.5. The number of nitrogens with one attached hydrogen (secondary N) is 1. The second-order valence-corrected chi connectivity index (χ2v) is 8.05. The summed E-state index contributed by atoms with van der Waals surface area (Å²) in [5, 5.41) is 2.18. The molecule has 1 atom stereocenters. The van der Waals surface area contributed by atoms with Crippen LogP contribution in [0.25, 0.3) is 0 Å². The summed E-state index contributed by atoms with van der Waals surface area (Å²) in [6, 6.07) is 9.18. The van der Waals surface area contributed by atoms with E-state index in [1.165, 1.54) is 31.2 Å². The number of sulfonamides is 1. The van der Waals surface area contributed by atoms with Gasteiger partial charge in [0.25, 0.3) is 0 Å². The van der Waals surface area contributed by atoms with E-state index in [1.54, 1.807) is 19.1 Å². The molecular formula is C19H21F3N2O4S. The first-order valence-electron chi connectivity index (χ1n) is 8.64. The number of ether oxygens (including phenoxy) is 1. The van der Waals surface area contributed by atoms with Gasteiger partial charge in [0.15, 0.2) is 0 Å². The van der Waals surface area contributed by atoms with Crippen molar-refractivity contribution in [2.45, 2.75) is 26.1 Å². The molecule has 10 heteroatoms. The average molecular weight is 430 g/mol. The first-order chi connectivity index (χ1) is 13.4. The van der Waals surface area contributed by atoms with Crippen LogP contribution in [0.5, 0.6) is 5.75 Å². The SMILES string of the molecule is CCOc1ccc(N(C(C)C(=O)Nc2ccccc2C(F)(F)F)S(C)(=O)=O)cc1. The number of carbonyl (C=O) groups is 1. The van der Waals surface area contributed by atoms with Crippen LogP contribution in [-0.2, 0) is 21.0 Å². The lowest BCUT2D eigenvalue weighted by molar-refractivity contribution is -0.137. The van der Waals surface area contributed by atoms with E-state index < -0.39 is 39.4 Å². The molecule has 0 aliphatic heterocycles. The predicted molar refractivity (Wildman–Crippen MR) is 104 cm³/mol. The summed E-state index contributed by atoms with van der Waals surface area (Å²) in [6.07, 6.45) is -3.75. The van der Waals surface area contributed by atoms with Gasteiger partial charge in [-0.05, 0) is 50.2 Å². The summed E-state index contributed by atoms with van der Waals surface area (Å²) in [5.41, 5.74) is -1.28. The van der Waals surface area contributed by atoms with E-state index in [9.17, 15) is 26.4 Å². The van der Waals surface area contributed by atoms with Gasteiger partial charge in [0, 0.05) is 0 Å². The normalized spacial score (nSPS) is 12.9. The molecule has 0 saturated heterocycles. The van der Waals surface area contributed by atoms with E-state index in [2.05, 4.69) is 5.32 Å². The van der Waals surface area contributed by atoms with Gasteiger partial charge in [-0.3, -0.25) is 9.10 Å². The summed E-state index contributed by atoms with van der Waals surface area (Å²) < 4.78 is 70.2. The van der Waals surface area contributed by atoms with Crippen molar-refractivity contribution >= 4 is 27.3 Å². The van der Waals surface area contributed by atoms with Gasteiger partial charge in [0.05, 0.1) is 29.8 Å². The van der Waals surface area contributed by atoms with Crippen molar-refractivity contribution in [3.05, 3.63) is 54.1 Å². The number of anilines is 2. The Morgan fingerprint density at radius 3 is 2.24 bits per heavy atom. The van der Waals surface area contributed by atoms with Crippen molar-refractivity contribution in [2.24, 2.45) is 0 Å². The Morgan fingerprint density at radius 1 is 1.14 bits per heavy atom. The summed E-state index contributed by atoms with van der Waals surface area (Å²) >= 11 is 0. The van der Waals surface area contributed by atoms with Gasteiger partial charge in [-0.25, -0.2) is 8.42 Å². The quantitative estimate of drug-likeness (QED) is 0.723. The number of rotatable bonds is 7. The topological polar surface area (TPSA) is 75.7 Å². The average Bonchev–Trinajstić information content (AvgIpc) is 2.62. The number of carbonyl (C=O) groups excluding carboxylic acids is 1. The maximum atomic E-state index is 13.1. The molecule has 0 saturated carbocycles. The second kappa shape index (κ2) is 8.73. The molecule has 6 nitrogen and oxygen atoms in total. The minimum Gasteiger partial charge on any atom is -0.494 e. The molecule has 2 aromatic carbocycles. The Morgan fingerprint density at radius 2 is 1.72 bits per heavy atom. The van der Waals surface area contributed by atoms with Gasteiger partial charge in [0.2, 0.25) is 15.9 Å². The molecule has 0 aliphatic carbocycles. The van der Waals surface area contributed by atoms with Crippen LogP contribution in [0.3, 0.4) is 0 Å². The van der Waals surface area contributed by atoms with Crippen LogP contribution in [-0.4, -0.2) is 33.2 Å². The number of halogens is 3. The molecule has 158 valence electrons. The Labute approximate surface area is 167 Å². The smallest absolute Gasteiger partial charge is 0.418 e. The molecule has 0 spiro atoms. The third kappa shape index (κ3) is 5.63. The molecule has 0 aromatic heterocycles. The fourth-order valence-corrected chi connectivity index (χ4v) is 3.92. The number of amides is 1. The number of nitrogens with zero attached hydrogens (tertiary/aromatic N) is 1. The second-order valence-electron chi connectivity index (χ2n) is 6.19. The lowest BCUT2D eigenvalue weighted by atomic mass is 10.1. The van der Waals surface area contributed by atoms with Gasteiger partial charge in [-0.15, -0.1) is 0 Å². The van der Waals surface area contributed by atoms with E-state index in [0.717, 1.165) is 22.7 Å². The van der Waals surface area contributed by atoms with E-state index in [4.69, 9.17) is 4.74 Å². The lowest BCUT2D eigenvalue weighted by Crippen LogP contribution is -2.45. The Bertz CT molecular complexity index is 960. The number of benzene rings is 2. The Hall–Kier alpha value is -2.75. The molecule has 1 unspecified atom stereocenters. The highest BCUT2D eigenvalue weighted by Gasteiger charge is 2.35. The zero-order chi connectivity index (χ0) is 21.8. The number of hydrogen-bond donors (Lipinski definition) is 1. The summed E-state index contributed by atoms with van der Waals surface area (Å²) in [4.78, 5) is 12.6. The number of para-hydroxylation sites is 1. The third-order valence-electron chi connectivity index (χ3n) is 3.98. The van der Waals surface area contributed by atoms with Gasteiger partial charge in [-0.2, -0.15) is 13.2 Å². The van der Waals surface area contributed by atoms with Crippen LogP contribution < -0.4 is 14.4 Å². The third-order valence-corrected chi connectivity index (χ3v) is 5.22. The number of hydrogen-bond acceptors (Lipinski definition) is 4. The van der Waals surface area contributed by atoms with Crippen molar-refractivity contribution < 1.29 is 31.1 Å². The maximum absolute atomic E-state index is 13.1. The monoisotopic (exact) mass is 430 g/mol. The van der Waals surface area contributed by atoms with Crippen LogP contribution in [0.15, 0.2) is 48.5 Å². The highest BCUT2D eigenvalue weighted by molar-refractivity contribution is 7.92. The molecule has 2 rings (SSSR count). The molecule has 29 heavy (non-hydrogen) atoms. The zero-order valence-electron chi connectivity index (χ0n) is 16.0. The van der Waals surface area contributed by atoms with Crippen LogP contribution >= 0.6 is 0 Å². The lowest BCUT2D eigenvalue weighted by Gasteiger charge is -2.28. The predicted octanol–water partition coefficient (Wildman–Crippen LogP) is 3.90. The largest absolute Gasteiger partial charge is 0.494 e.